The molecule has 6 heteroatoms. The molecule has 1 atom stereocenters. The first-order valence-corrected chi connectivity index (χ1v) is 6.17. The Morgan fingerprint density at radius 1 is 1.37 bits per heavy atom. The van der Waals surface area contributed by atoms with Crippen LogP contribution in [0.4, 0.5) is 5.82 Å². The molecule has 0 radical (unpaired) electrons. The van der Waals surface area contributed by atoms with E-state index in [-0.39, 0.29) is 0 Å². The van der Waals surface area contributed by atoms with Gasteiger partial charge in [0.05, 0.1) is 17.2 Å². The van der Waals surface area contributed by atoms with Gasteiger partial charge in [-0.3, -0.25) is 4.98 Å². The number of piperazine rings is 1. The van der Waals surface area contributed by atoms with Crippen molar-refractivity contribution in [1.82, 2.24) is 15.3 Å². The molecule has 1 aliphatic heterocycles. The fourth-order valence-corrected chi connectivity index (χ4v) is 2.28. The van der Waals surface area contributed by atoms with Crippen molar-refractivity contribution in [2.45, 2.75) is 6.04 Å². The highest BCUT2D eigenvalue weighted by molar-refractivity contribution is 5.80. The summed E-state index contributed by atoms with van der Waals surface area (Å²) >= 11 is 0. The van der Waals surface area contributed by atoms with Gasteiger partial charge in [-0.15, -0.1) is 0 Å². The quantitative estimate of drug-likeness (QED) is 0.816. The van der Waals surface area contributed by atoms with Gasteiger partial charge >= 0.3 is 5.97 Å². The zero-order valence-corrected chi connectivity index (χ0v) is 10.3. The molecule has 2 aromatic rings. The van der Waals surface area contributed by atoms with E-state index in [1.54, 1.807) is 11.1 Å². The molecule has 2 N–H and O–H groups in total. The maximum absolute atomic E-state index is 11.3. The number of aromatic nitrogens is 2. The van der Waals surface area contributed by atoms with E-state index >= 15 is 0 Å². The van der Waals surface area contributed by atoms with Crippen LogP contribution in [0.1, 0.15) is 0 Å². The maximum Gasteiger partial charge on any atom is 0.327 e. The summed E-state index contributed by atoms with van der Waals surface area (Å²) in [7, 11) is 0. The number of hydrogen-bond acceptors (Lipinski definition) is 5. The second-order valence-corrected chi connectivity index (χ2v) is 4.47. The Hall–Kier alpha value is -2.21. The zero-order valence-electron chi connectivity index (χ0n) is 10.3. The smallest absolute Gasteiger partial charge is 0.327 e. The van der Waals surface area contributed by atoms with E-state index < -0.39 is 12.0 Å². The molecule has 2 heterocycles. The predicted octanol–water partition coefficient (Wildman–Crippen LogP) is 0.493. The summed E-state index contributed by atoms with van der Waals surface area (Å²) in [5.41, 5.74) is 1.59. The fraction of sp³-hybridized carbons (Fsp3) is 0.308. The van der Waals surface area contributed by atoms with Gasteiger partial charge in [0.25, 0.3) is 0 Å². The third-order valence-corrected chi connectivity index (χ3v) is 3.26. The van der Waals surface area contributed by atoms with Crippen molar-refractivity contribution in [3.8, 4) is 0 Å². The van der Waals surface area contributed by atoms with Gasteiger partial charge in [-0.25, -0.2) is 9.78 Å². The highest BCUT2D eigenvalue weighted by Gasteiger charge is 2.29. The van der Waals surface area contributed by atoms with Gasteiger partial charge in [0.2, 0.25) is 0 Å². The number of carboxylic acids is 1. The third-order valence-electron chi connectivity index (χ3n) is 3.26. The number of fused-ring (bicyclic) bond motifs is 1. The summed E-state index contributed by atoms with van der Waals surface area (Å²) in [5.74, 6) is -0.227. The number of rotatable bonds is 2. The SMILES string of the molecule is O=C(O)C1CNCCN1c1cnc2ccccc2n1. The average molecular weight is 258 g/mol. The molecule has 0 aliphatic carbocycles. The van der Waals surface area contributed by atoms with Crippen molar-refractivity contribution in [2.24, 2.45) is 0 Å². The minimum atomic E-state index is -0.845. The van der Waals surface area contributed by atoms with Crippen LogP contribution < -0.4 is 10.2 Å². The van der Waals surface area contributed by atoms with Gasteiger partial charge in [0.15, 0.2) is 0 Å². The van der Waals surface area contributed by atoms with Gasteiger partial charge in [-0.1, -0.05) is 12.1 Å². The molecule has 1 unspecified atom stereocenters. The molecule has 1 aliphatic rings. The van der Waals surface area contributed by atoms with E-state index in [9.17, 15) is 9.90 Å². The van der Waals surface area contributed by atoms with E-state index in [0.717, 1.165) is 17.6 Å². The molecule has 6 nitrogen and oxygen atoms in total. The van der Waals surface area contributed by atoms with Crippen LogP contribution in [0.15, 0.2) is 30.5 Å². The molecule has 1 saturated heterocycles. The van der Waals surface area contributed by atoms with E-state index in [4.69, 9.17) is 0 Å². The van der Waals surface area contributed by atoms with Crippen LogP contribution in [0.3, 0.4) is 0 Å². The van der Waals surface area contributed by atoms with Crippen LogP contribution in [-0.2, 0) is 4.79 Å². The van der Waals surface area contributed by atoms with Crippen molar-refractivity contribution in [2.75, 3.05) is 24.5 Å². The molecule has 0 spiro atoms. The molecular weight excluding hydrogens is 244 g/mol. The highest BCUT2D eigenvalue weighted by atomic mass is 16.4. The molecule has 1 aromatic heterocycles. The number of benzene rings is 1. The number of anilines is 1. The van der Waals surface area contributed by atoms with Crippen molar-refractivity contribution in [1.29, 1.82) is 0 Å². The number of carboxylic acid groups (broad SMARTS) is 1. The Bertz CT molecular complexity index is 616. The number of para-hydroxylation sites is 2. The van der Waals surface area contributed by atoms with Crippen LogP contribution >= 0.6 is 0 Å². The lowest BCUT2D eigenvalue weighted by Crippen LogP contribution is -2.55. The predicted molar refractivity (Wildman–Crippen MR) is 71.2 cm³/mol. The highest BCUT2D eigenvalue weighted by Crippen LogP contribution is 2.18. The average Bonchev–Trinajstić information content (AvgIpc) is 2.46. The molecule has 0 bridgehead atoms. The lowest BCUT2D eigenvalue weighted by molar-refractivity contribution is -0.138. The minimum absolute atomic E-state index is 0.420. The molecule has 1 fully saturated rings. The Kier molecular flexibility index (Phi) is 3.00. The van der Waals surface area contributed by atoms with Crippen molar-refractivity contribution in [3.05, 3.63) is 30.5 Å². The number of hydrogen-bond donors (Lipinski definition) is 2. The van der Waals surface area contributed by atoms with Crippen LogP contribution in [0.25, 0.3) is 11.0 Å². The van der Waals surface area contributed by atoms with E-state index in [2.05, 4.69) is 15.3 Å². The summed E-state index contributed by atoms with van der Waals surface area (Å²) in [5, 5.41) is 12.3. The van der Waals surface area contributed by atoms with Crippen LogP contribution in [-0.4, -0.2) is 46.7 Å². The number of aliphatic carboxylic acids is 1. The molecule has 0 saturated carbocycles. The minimum Gasteiger partial charge on any atom is -0.480 e. The van der Waals surface area contributed by atoms with Gasteiger partial charge in [0.1, 0.15) is 11.9 Å². The molecular formula is C13H14N4O2. The van der Waals surface area contributed by atoms with Crippen LogP contribution in [0.5, 0.6) is 0 Å². The molecule has 19 heavy (non-hydrogen) atoms. The van der Waals surface area contributed by atoms with Crippen molar-refractivity contribution >= 4 is 22.8 Å². The number of nitrogens with one attached hydrogen (secondary N) is 1. The molecule has 0 amide bonds. The topological polar surface area (TPSA) is 78.4 Å². The Balaban J connectivity index is 1.99. The Morgan fingerprint density at radius 2 is 2.16 bits per heavy atom. The first kappa shape index (κ1) is 11.9. The number of nitrogens with zero attached hydrogens (tertiary/aromatic N) is 3. The summed E-state index contributed by atoms with van der Waals surface area (Å²) in [6.07, 6.45) is 1.64. The van der Waals surface area contributed by atoms with Gasteiger partial charge < -0.3 is 15.3 Å². The fourth-order valence-electron chi connectivity index (χ4n) is 2.28. The first-order valence-electron chi connectivity index (χ1n) is 6.17. The Labute approximate surface area is 110 Å². The second kappa shape index (κ2) is 4.81. The Morgan fingerprint density at radius 3 is 2.95 bits per heavy atom. The summed E-state index contributed by atoms with van der Waals surface area (Å²) in [4.78, 5) is 21.9. The van der Waals surface area contributed by atoms with Gasteiger partial charge in [0, 0.05) is 19.6 Å². The molecule has 3 rings (SSSR count). The lowest BCUT2D eigenvalue weighted by Gasteiger charge is -2.34. The van der Waals surface area contributed by atoms with E-state index in [1.807, 2.05) is 24.3 Å². The van der Waals surface area contributed by atoms with Crippen LogP contribution in [0, 0.1) is 0 Å². The molecule has 1 aromatic carbocycles. The third kappa shape index (κ3) is 2.22. The normalized spacial score (nSPS) is 19.6. The monoisotopic (exact) mass is 258 g/mol. The summed E-state index contributed by atoms with van der Waals surface area (Å²) in [6, 6.07) is 6.97. The second-order valence-electron chi connectivity index (χ2n) is 4.47. The summed E-state index contributed by atoms with van der Waals surface area (Å²) in [6.45, 7) is 1.78. The van der Waals surface area contributed by atoms with Crippen molar-refractivity contribution < 1.29 is 9.90 Å². The zero-order chi connectivity index (χ0) is 13.2. The van der Waals surface area contributed by atoms with Crippen LogP contribution in [0.2, 0.25) is 0 Å². The largest absolute Gasteiger partial charge is 0.480 e. The summed E-state index contributed by atoms with van der Waals surface area (Å²) < 4.78 is 0. The van der Waals surface area contributed by atoms with E-state index in [0.29, 0.717) is 18.9 Å². The van der Waals surface area contributed by atoms with Gasteiger partial charge in [-0.2, -0.15) is 0 Å². The van der Waals surface area contributed by atoms with E-state index in [1.165, 1.54) is 0 Å². The first-order chi connectivity index (χ1) is 9.25. The van der Waals surface area contributed by atoms with Crippen molar-refractivity contribution in [3.63, 3.8) is 0 Å². The maximum atomic E-state index is 11.3. The molecule has 98 valence electrons. The number of carbonyl (C=O) groups is 1. The lowest BCUT2D eigenvalue weighted by atomic mass is 10.2. The van der Waals surface area contributed by atoms with Gasteiger partial charge in [-0.05, 0) is 12.1 Å². The standard InChI is InChI=1S/C13H14N4O2/c18-13(19)11-7-14-5-6-17(11)12-8-15-9-3-1-2-4-10(9)16-12/h1-4,8,11,14H,5-7H2,(H,18,19).